The van der Waals surface area contributed by atoms with Gasteiger partial charge in [-0.25, -0.2) is 4.79 Å². The van der Waals surface area contributed by atoms with Gasteiger partial charge in [0.25, 0.3) is 5.88 Å². The highest BCUT2D eigenvalue weighted by Gasteiger charge is 2.14. The Hall–Kier alpha value is -1.76. The topological polar surface area (TPSA) is 93.8 Å². The van der Waals surface area contributed by atoms with Crippen LogP contribution in [0.15, 0.2) is 10.6 Å². The molecule has 1 rings (SSSR count). The van der Waals surface area contributed by atoms with Gasteiger partial charge in [0, 0.05) is 12.6 Å². The van der Waals surface area contributed by atoms with Gasteiger partial charge >= 0.3 is 6.09 Å². The maximum absolute atomic E-state index is 11.8. The number of amides is 1. The molecule has 32 heavy (non-hydrogen) atoms. The van der Waals surface area contributed by atoms with Crippen LogP contribution in [-0.4, -0.2) is 42.2 Å². The summed E-state index contributed by atoms with van der Waals surface area (Å²) in [5.41, 5.74) is 0. The van der Waals surface area contributed by atoms with Crippen LogP contribution in [0.3, 0.4) is 0 Å². The molecule has 0 saturated carbocycles. The molecule has 0 fully saturated rings. The van der Waals surface area contributed by atoms with Crippen molar-refractivity contribution in [2.75, 3.05) is 19.8 Å². The molecule has 1 atom stereocenters. The largest absolute Gasteiger partial charge is 0.466 e. The molecule has 186 valence electrons. The summed E-state index contributed by atoms with van der Waals surface area (Å²) in [4.78, 5) is 11.8. The average Bonchev–Trinajstić information content (AvgIpc) is 3.20. The number of rotatable bonds is 21. The smallest absolute Gasteiger partial charge is 0.407 e. The van der Waals surface area contributed by atoms with Gasteiger partial charge in [0.2, 0.25) is 0 Å². The van der Waals surface area contributed by atoms with E-state index in [0.29, 0.717) is 12.3 Å². The number of ether oxygens (including phenoxy) is 2. The monoisotopic (exact) mass is 454 g/mol. The molecule has 0 aromatic carbocycles. The van der Waals surface area contributed by atoms with E-state index in [1.807, 2.05) is 0 Å². The first-order chi connectivity index (χ1) is 15.7. The predicted molar refractivity (Wildman–Crippen MR) is 127 cm³/mol. The summed E-state index contributed by atoms with van der Waals surface area (Å²) in [7, 11) is 0. The van der Waals surface area contributed by atoms with Crippen LogP contribution < -0.4 is 10.1 Å². The van der Waals surface area contributed by atoms with Crippen molar-refractivity contribution in [3.05, 3.63) is 11.8 Å². The lowest BCUT2D eigenvalue weighted by molar-refractivity contribution is 0.0426. The molecule has 1 heterocycles. The molecule has 7 nitrogen and oxygen atoms in total. The van der Waals surface area contributed by atoms with Crippen LogP contribution >= 0.6 is 0 Å². The lowest BCUT2D eigenvalue weighted by Crippen LogP contribution is -2.33. The summed E-state index contributed by atoms with van der Waals surface area (Å²) in [5.74, 6) is 0.877. The van der Waals surface area contributed by atoms with Crippen LogP contribution in [-0.2, 0) is 4.74 Å². The molecule has 1 amide bonds. The Morgan fingerprint density at radius 3 is 1.97 bits per heavy atom. The fourth-order valence-electron chi connectivity index (χ4n) is 3.60. The van der Waals surface area contributed by atoms with Crippen molar-refractivity contribution >= 4 is 6.09 Å². The molecule has 7 heteroatoms. The number of hydrogen-bond donors (Lipinski definition) is 2. The van der Waals surface area contributed by atoms with E-state index in [0.717, 1.165) is 12.8 Å². The Kier molecular flexibility index (Phi) is 17.6. The number of hydrogen-bond acceptors (Lipinski definition) is 6. The number of aromatic nitrogens is 1. The van der Waals surface area contributed by atoms with Gasteiger partial charge in [0.1, 0.15) is 12.4 Å². The predicted octanol–water partition coefficient (Wildman–Crippen LogP) is 6.32. The molecule has 0 aliphatic carbocycles. The number of carbonyl (C=O) groups excluding carboxylic acids is 1. The molecular formula is C25H46N2O5. The van der Waals surface area contributed by atoms with Crippen molar-refractivity contribution in [3.8, 4) is 5.88 Å². The maximum atomic E-state index is 11.8. The average molecular weight is 455 g/mol. The van der Waals surface area contributed by atoms with Crippen molar-refractivity contribution in [2.24, 2.45) is 0 Å². The van der Waals surface area contributed by atoms with Gasteiger partial charge in [-0.2, -0.15) is 0 Å². The molecule has 0 aliphatic heterocycles. The van der Waals surface area contributed by atoms with E-state index >= 15 is 0 Å². The van der Waals surface area contributed by atoms with Gasteiger partial charge in [0.05, 0.1) is 6.61 Å². The van der Waals surface area contributed by atoms with E-state index in [-0.39, 0.29) is 19.1 Å². The van der Waals surface area contributed by atoms with E-state index < -0.39 is 12.2 Å². The number of unbranched alkanes of at least 4 members (excludes halogenated alkanes) is 14. The third-order valence-corrected chi connectivity index (χ3v) is 5.55. The minimum atomic E-state index is -0.670. The number of aryl methyl sites for hydroxylation is 1. The molecule has 0 unspecified atom stereocenters. The summed E-state index contributed by atoms with van der Waals surface area (Å²) >= 11 is 0. The first-order valence-corrected chi connectivity index (χ1v) is 12.8. The van der Waals surface area contributed by atoms with Gasteiger partial charge in [-0.05, 0) is 18.5 Å². The Labute approximate surface area is 194 Å². The summed E-state index contributed by atoms with van der Waals surface area (Å²) in [6, 6.07) is 1.61. The molecule has 0 saturated heterocycles. The standard InChI is InChI=1S/C25H46N2O5/c1-3-4-5-6-7-8-9-10-11-12-13-14-15-16-17-18-26-25(29)30-21-23(20-28)31-24-19-22(2)32-27-24/h19,23,28H,3-18,20-21H2,1-2H3,(H,26,29)/t23-/m0/s1. The van der Waals surface area contributed by atoms with Crippen LogP contribution in [0.25, 0.3) is 0 Å². The van der Waals surface area contributed by atoms with Crippen LogP contribution in [0.1, 0.15) is 109 Å². The molecule has 1 aromatic rings. The second-order valence-electron chi connectivity index (χ2n) is 8.67. The van der Waals surface area contributed by atoms with Gasteiger partial charge in [-0.15, -0.1) is 0 Å². The summed E-state index contributed by atoms with van der Waals surface area (Å²) in [6.45, 7) is 4.29. The molecule has 2 N–H and O–H groups in total. The molecule has 1 aromatic heterocycles. The van der Waals surface area contributed by atoms with E-state index in [9.17, 15) is 9.90 Å². The number of carbonyl (C=O) groups is 1. The minimum absolute atomic E-state index is 0.0485. The third-order valence-electron chi connectivity index (χ3n) is 5.55. The van der Waals surface area contributed by atoms with Crippen LogP contribution in [0.4, 0.5) is 4.79 Å². The Balaban J connectivity index is 1.85. The SMILES string of the molecule is CCCCCCCCCCCCCCCCCNC(=O)OC[C@H](CO)Oc1cc(C)on1. The lowest BCUT2D eigenvalue weighted by atomic mass is 10.0. The van der Waals surface area contributed by atoms with Gasteiger partial charge in [0.15, 0.2) is 6.10 Å². The minimum Gasteiger partial charge on any atom is -0.466 e. The van der Waals surface area contributed by atoms with Crippen LogP contribution in [0.5, 0.6) is 5.88 Å². The lowest BCUT2D eigenvalue weighted by Gasteiger charge is -2.15. The molecular weight excluding hydrogens is 408 g/mol. The number of aliphatic hydroxyl groups excluding tert-OH is 1. The van der Waals surface area contributed by atoms with Crippen molar-refractivity contribution in [1.82, 2.24) is 10.5 Å². The third kappa shape index (κ3) is 16.0. The zero-order chi connectivity index (χ0) is 23.3. The second-order valence-corrected chi connectivity index (χ2v) is 8.67. The summed E-state index contributed by atoms with van der Waals surface area (Å²) in [6.07, 6.45) is 18.6. The zero-order valence-corrected chi connectivity index (χ0v) is 20.4. The fourth-order valence-corrected chi connectivity index (χ4v) is 3.60. The van der Waals surface area contributed by atoms with Gasteiger partial charge < -0.3 is 24.4 Å². The van der Waals surface area contributed by atoms with E-state index in [1.54, 1.807) is 13.0 Å². The zero-order valence-electron chi connectivity index (χ0n) is 20.4. The number of aliphatic hydroxyl groups is 1. The Morgan fingerprint density at radius 1 is 0.969 bits per heavy atom. The summed E-state index contributed by atoms with van der Waals surface area (Å²) in [5, 5.41) is 15.8. The van der Waals surface area contributed by atoms with Crippen LogP contribution in [0.2, 0.25) is 0 Å². The molecule has 0 spiro atoms. The second kappa shape index (κ2) is 19.9. The molecule has 0 aliphatic rings. The van der Waals surface area contributed by atoms with E-state index in [1.165, 1.54) is 83.5 Å². The fraction of sp³-hybridized carbons (Fsp3) is 0.840. The number of nitrogens with zero attached hydrogens (tertiary/aromatic N) is 1. The first-order valence-electron chi connectivity index (χ1n) is 12.8. The van der Waals surface area contributed by atoms with E-state index in [4.69, 9.17) is 14.0 Å². The Morgan fingerprint density at radius 2 is 1.50 bits per heavy atom. The van der Waals surface area contributed by atoms with Crippen molar-refractivity contribution < 1.29 is 23.9 Å². The molecule has 0 radical (unpaired) electrons. The van der Waals surface area contributed by atoms with Crippen molar-refractivity contribution in [2.45, 2.75) is 116 Å². The highest BCUT2D eigenvalue weighted by atomic mass is 16.6. The normalized spacial score (nSPS) is 12.0. The quantitative estimate of drug-likeness (QED) is 0.211. The van der Waals surface area contributed by atoms with Crippen LogP contribution in [0, 0.1) is 6.92 Å². The maximum Gasteiger partial charge on any atom is 0.407 e. The van der Waals surface area contributed by atoms with Gasteiger partial charge in [-0.1, -0.05) is 96.8 Å². The van der Waals surface area contributed by atoms with Gasteiger partial charge in [-0.3, -0.25) is 0 Å². The highest BCUT2D eigenvalue weighted by molar-refractivity contribution is 5.67. The number of nitrogens with one attached hydrogen (secondary N) is 1. The van der Waals surface area contributed by atoms with Crippen molar-refractivity contribution in [3.63, 3.8) is 0 Å². The summed E-state index contributed by atoms with van der Waals surface area (Å²) < 4.78 is 15.4. The number of alkyl carbamates (subject to hydrolysis) is 1. The van der Waals surface area contributed by atoms with E-state index in [2.05, 4.69) is 17.4 Å². The first kappa shape index (κ1) is 28.3. The Bertz CT molecular complexity index is 564. The molecule has 0 bridgehead atoms. The van der Waals surface area contributed by atoms with Crippen molar-refractivity contribution in [1.29, 1.82) is 0 Å². The highest BCUT2D eigenvalue weighted by Crippen LogP contribution is 2.14.